The van der Waals surface area contributed by atoms with Gasteiger partial charge in [-0.05, 0) is 64.2 Å². The molecule has 0 amide bonds. The second-order valence-corrected chi connectivity index (χ2v) is 7.60. The third kappa shape index (κ3) is 1.94. The average Bonchev–Trinajstić information content (AvgIpc) is 2.24. The zero-order valence-electron chi connectivity index (χ0n) is 11.9. The van der Waals surface area contributed by atoms with Gasteiger partial charge in [0.1, 0.15) is 5.60 Å². The lowest BCUT2D eigenvalue weighted by Gasteiger charge is -2.64. The maximum atomic E-state index is 11.6. The normalized spacial score (nSPS) is 44.2. The maximum Gasteiger partial charge on any atom is 0.330 e. The van der Waals surface area contributed by atoms with Gasteiger partial charge in [-0.2, -0.15) is 0 Å². The minimum atomic E-state index is -0.524. The Kier molecular flexibility index (Phi) is 2.66. The molecule has 4 aliphatic carbocycles. The molecule has 0 spiro atoms. The van der Waals surface area contributed by atoms with E-state index in [0.29, 0.717) is 11.8 Å². The highest BCUT2D eigenvalue weighted by Gasteiger charge is 2.63. The van der Waals surface area contributed by atoms with Gasteiger partial charge in [-0.3, -0.25) is 0 Å². The van der Waals surface area contributed by atoms with E-state index >= 15 is 0 Å². The van der Waals surface area contributed by atoms with Crippen molar-refractivity contribution < 1.29 is 14.6 Å². The first-order chi connectivity index (χ1) is 8.78. The van der Waals surface area contributed by atoms with Crippen LogP contribution in [0.15, 0.2) is 12.7 Å². The fourth-order valence-electron chi connectivity index (χ4n) is 5.32. The Hall–Kier alpha value is -0.830. The first-order valence-corrected chi connectivity index (χ1v) is 7.35. The maximum absolute atomic E-state index is 11.6. The molecule has 0 aromatic rings. The summed E-state index contributed by atoms with van der Waals surface area (Å²) in [7, 11) is 0. The standard InChI is InChI=1S/C16H24O3/c1-4-13(17)19-14(2,3)15-6-11-5-12(7-15)9-16(18,8-11)10-15/h4,11-12,18H,1,5-10H2,2-3H3. The number of rotatable bonds is 3. The van der Waals surface area contributed by atoms with E-state index in [-0.39, 0.29) is 11.4 Å². The van der Waals surface area contributed by atoms with Crippen molar-refractivity contribution in [3.63, 3.8) is 0 Å². The number of hydrogen-bond acceptors (Lipinski definition) is 3. The van der Waals surface area contributed by atoms with Gasteiger partial charge in [0.15, 0.2) is 0 Å². The SMILES string of the molecule is C=CC(=O)OC(C)(C)C12CC3CC(CC(O)(C3)C1)C2. The van der Waals surface area contributed by atoms with Crippen LogP contribution in [0.2, 0.25) is 0 Å². The van der Waals surface area contributed by atoms with Crippen molar-refractivity contribution in [1.82, 2.24) is 0 Å². The molecule has 2 atom stereocenters. The highest BCUT2D eigenvalue weighted by atomic mass is 16.6. The van der Waals surface area contributed by atoms with Gasteiger partial charge in [0, 0.05) is 11.5 Å². The third-order valence-electron chi connectivity index (χ3n) is 5.83. The molecule has 0 aliphatic heterocycles. The van der Waals surface area contributed by atoms with Crippen LogP contribution in [-0.4, -0.2) is 22.3 Å². The van der Waals surface area contributed by atoms with Crippen LogP contribution < -0.4 is 0 Å². The Morgan fingerprint density at radius 3 is 2.37 bits per heavy atom. The largest absolute Gasteiger partial charge is 0.456 e. The highest BCUT2D eigenvalue weighted by Crippen LogP contribution is 2.65. The molecule has 4 aliphatic rings. The molecule has 4 fully saturated rings. The fourth-order valence-corrected chi connectivity index (χ4v) is 5.32. The summed E-state index contributed by atoms with van der Waals surface area (Å²) >= 11 is 0. The Balaban J connectivity index is 1.90. The summed E-state index contributed by atoms with van der Waals surface area (Å²) < 4.78 is 5.65. The lowest BCUT2D eigenvalue weighted by atomic mass is 9.44. The molecule has 0 saturated heterocycles. The molecule has 0 aromatic heterocycles. The van der Waals surface area contributed by atoms with Crippen molar-refractivity contribution in [2.24, 2.45) is 17.3 Å². The molecule has 4 rings (SSSR count). The van der Waals surface area contributed by atoms with Crippen LogP contribution in [0.1, 0.15) is 52.4 Å². The topological polar surface area (TPSA) is 46.5 Å². The van der Waals surface area contributed by atoms with E-state index in [1.165, 1.54) is 12.5 Å². The molecule has 4 bridgehead atoms. The van der Waals surface area contributed by atoms with E-state index in [0.717, 1.165) is 32.1 Å². The van der Waals surface area contributed by atoms with Crippen molar-refractivity contribution in [2.75, 3.05) is 0 Å². The molecular weight excluding hydrogens is 240 g/mol. The van der Waals surface area contributed by atoms with Gasteiger partial charge in [-0.1, -0.05) is 6.58 Å². The van der Waals surface area contributed by atoms with Gasteiger partial charge in [0.05, 0.1) is 5.60 Å². The minimum absolute atomic E-state index is 0.0511. The molecule has 3 nitrogen and oxygen atoms in total. The molecule has 0 aromatic carbocycles. The molecule has 1 N–H and O–H groups in total. The predicted molar refractivity (Wildman–Crippen MR) is 72.4 cm³/mol. The number of ether oxygens (including phenoxy) is 1. The summed E-state index contributed by atoms with van der Waals surface area (Å²) in [6.07, 6.45) is 7.32. The Bertz CT molecular complexity index is 410. The summed E-state index contributed by atoms with van der Waals surface area (Å²) in [4.78, 5) is 11.6. The molecule has 2 unspecified atom stereocenters. The second-order valence-electron chi connectivity index (χ2n) is 7.60. The van der Waals surface area contributed by atoms with E-state index in [9.17, 15) is 9.90 Å². The zero-order valence-corrected chi connectivity index (χ0v) is 11.9. The molecule has 4 saturated carbocycles. The molecule has 0 heterocycles. The monoisotopic (exact) mass is 264 g/mol. The van der Waals surface area contributed by atoms with Crippen LogP contribution in [-0.2, 0) is 9.53 Å². The molecule has 0 radical (unpaired) electrons. The van der Waals surface area contributed by atoms with Crippen molar-refractivity contribution in [1.29, 1.82) is 0 Å². The first kappa shape index (κ1) is 13.2. The van der Waals surface area contributed by atoms with Gasteiger partial charge < -0.3 is 9.84 Å². The molecule has 19 heavy (non-hydrogen) atoms. The van der Waals surface area contributed by atoms with E-state index in [2.05, 4.69) is 6.58 Å². The minimum Gasteiger partial charge on any atom is -0.456 e. The number of hydrogen-bond donors (Lipinski definition) is 1. The van der Waals surface area contributed by atoms with Crippen LogP contribution in [0.25, 0.3) is 0 Å². The first-order valence-electron chi connectivity index (χ1n) is 7.35. The lowest BCUT2D eigenvalue weighted by Crippen LogP contribution is -2.63. The van der Waals surface area contributed by atoms with Crippen molar-refractivity contribution in [2.45, 2.75) is 63.6 Å². The molecule has 3 heteroatoms. The van der Waals surface area contributed by atoms with E-state index < -0.39 is 11.2 Å². The van der Waals surface area contributed by atoms with Gasteiger partial charge in [0.25, 0.3) is 0 Å². The summed E-state index contributed by atoms with van der Waals surface area (Å²) in [5, 5.41) is 10.8. The summed E-state index contributed by atoms with van der Waals surface area (Å²) in [5.41, 5.74) is -1.09. The zero-order chi connectivity index (χ0) is 13.9. The Morgan fingerprint density at radius 2 is 1.89 bits per heavy atom. The van der Waals surface area contributed by atoms with E-state index in [4.69, 9.17) is 4.74 Å². The number of esters is 1. The van der Waals surface area contributed by atoms with Crippen molar-refractivity contribution >= 4 is 5.97 Å². The molecule has 106 valence electrons. The number of carbonyl (C=O) groups is 1. The Morgan fingerprint density at radius 1 is 1.32 bits per heavy atom. The van der Waals surface area contributed by atoms with Gasteiger partial charge in [-0.15, -0.1) is 0 Å². The van der Waals surface area contributed by atoms with Crippen LogP contribution in [0.4, 0.5) is 0 Å². The number of aliphatic hydroxyl groups is 1. The highest BCUT2D eigenvalue weighted by molar-refractivity contribution is 5.81. The average molecular weight is 264 g/mol. The fraction of sp³-hybridized carbons (Fsp3) is 0.812. The van der Waals surface area contributed by atoms with Gasteiger partial charge in [0.2, 0.25) is 0 Å². The van der Waals surface area contributed by atoms with Crippen LogP contribution in [0.5, 0.6) is 0 Å². The summed E-state index contributed by atoms with van der Waals surface area (Å²) in [6, 6.07) is 0. The van der Waals surface area contributed by atoms with E-state index in [1.807, 2.05) is 13.8 Å². The number of carbonyl (C=O) groups excluding carboxylic acids is 1. The second kappa shape index (κ2) is 3.85. The summed E-state index contributed by atoms with van der Waals surface area (Å²) in [6.45, 7) is 7.49. The van der Waals surface area contributed by atoms with Crippen LogP contribution >= 0.6 is 0 Å². The third-order valence-corrected chi connectivity index (χ3v) is 5.83. The smallest absolute Gasteiger partial charge is 0.330 e. The van der Waals surface area contributed by atoms with Crippen molar-refractivity contribution in [3.8, 4) is 0 Å². The predicted octanol–water partition coefficient (Wildman–Crippen LogP) is 2.83. The van der Waals surface area contributed by atoms with Gasteiger partial charge in [-0.25, -0.2) is 4.79 Å². The lowest BCUT2D eigenvalue weighted by molar-refractivity contribution is -0.229. The van der Waals surface area contributed by atoms with Gasteiger partial charge >= 0.3 is 5.97 Å². The van der Waals surface area contributed by atoms with E-state index in [1.54, 1.807) is 0 Å². The summed E-state index contributed by atoms with van der Waals surface area (Å²) in [5.74, 6) is 0.855. The molecular formula is C16H24O3. The van der Waals surface area contributed by atoms with Crippen molar-refractivity contribution in [3.05, 3.63) is 12.7 Å². The Labute approximate surface area is 115 Å². The van der Waals surface area contributed by atoms with Crippen LogP contribution in [0.3, 0.4) is 0 Å². The quantitative estimate of drug-likeness (QED) is 0.630. The van der Waals surface area contributed by atoms with Crippen LogP contribution in [0, 0.1) is 17.3 Å².